The fraction of sp³-hybridized carbons (Fsp3) is 0.414. The van der Waals surface area contributed by atoms with Gasteiger partial charge in [0.2, 0.25) is 0 Å². The number of esters is 1. The number of piperazine rings is 1. The molecule has 0 bridgehead atoms. The molecule has 1 N–H and O–H groups in total. The third-order valence-electron chi connectivity index (χ3n) is 7.20. The Morgan fingerprint density at radius 3 is 2.38 bits per heavy atom. The summed E-state index contributed by atoms with van der Waals surface area (Å²) in [5, 5.41) is 2.91. The van der Waals surface area contributed by atoms with Crippen LogP contribution in [0.5, 0.6) is 11.5 Å². The highest BCUT2D eigenvalue weighted by atomic mass is 19.1. The van der Waals surface area contributed by atoms with Gasteiger partial charge in [-0.3, -0.25) is 14.6 Å². The van der Waals surface area contributed by atoms with Crippen LogP contribution in [-0.4, -0.2) is 92.7 Å². The summed E-state index contributed by atoms with van der Waals surface area (Å²) in [5.41, 5.74) is 1.72. The number of likely N-dealkylation sites (N-methyl/N-ethyl adjacent to an activating group) is 1. The quantitative estimate of drug-likeness (QED) is 0.500. The number of hydrogen-bond donors (Lipinski definition) is 1. The van der Waals surface area contributed by atoms with Crippen LogP contribution in [0.3, 0.4) is 0 Å². The van der Waals surface area contributed by atoms with Crippen LogP contribution in [0.4, 0.5) is 9.18 Å². The van der Waals surface area contributed by atoms with E-state index < -0.39 is 17.8 Å². The van der Waals surface area contributed by atoms with Gasteiger partial charge in [-0.15, -0.1) is 0 Å². The van der Waals surface area contributed by atoms with E-state index in [1.807, 2.05) is 6.92 Å². The number of rotatable bonds is 8. The van der Waals surface area contributed by atoms with Crippen LogP contribution in [-0.2, 0) is 9.53 Å². The van der Waals surface area contributed by atoms with E-state index in [9.17, 15) is 18.8 Å². The second kappa shape index (κ2) is 12.4. The van der Waals surface area contributed by atoms with Gasteiger partial charge in [0.15, 0.2) is 0 Å². The first kappa shape index (κ1) is 28.9. The second-order valence-corrected chi connectivity index (χ2v) is 9.76. The van der Waals surface area contributed by atoms with Crippen molar-refractivity contribution in [2.75, 3.05) is 54.1 Å². The van der Waals surface area contributed by atoms with E-state index in [2.05, 4.69) is 10.2 Å². The van der Waals surface area contributed by atoms with Crippen molar-refractivity contribution in [3.63, 3.8) is 0 Å². The molecule has 0 unspecified atom stereocenters. The maximum absolute atomic E-state index is 13.7. The van der Waals surface area contributed by atoms with E-state index in [1.165, 1.54) is 37.3 Å². The van der Waals surface area contributed by atoms with E-state index in [4.69, 9.17) is 14.2 Å². The van der Waals surface area contributed by atoms with Crippen molar-refractivity contribution in [3.05, 3.63) is 70.7 Å². The SMILES string of the molecule is CCOC(=O)C1=C(CN2CCN(C(=O)c3cccc(F)c3)[C@@H](C)C2)N(C)C(=O)N[C@@H]1c1cc(OC)cc(OC)c1. The molecule has 11 heteroatoms. The molecule has 1 saturated heterocycles. The Kier molecular flexibility index (Phi) is 8.93. The smallest absolute Gasteiger partial charge is 0.338 e. The van der Waals surface area contributed by atoms with Crippen LogP contribution in [0.15, 0.2) is 53.7 Å². The van der Waals surface area contributed by atoms with Gasteiger partial charge in [-0.25, -0.2) is 14.0 Å². The fourth-order valence-electron chi connectivity index (χ4n) is 5.12. The molecule has 10 nitrogen and oxygen atoms in total. The lowest BCUT2D eigenvalue weighted by molar-refractivity contribution is -0.139. The molecule has 0 aliphatic carbocycles. The number of benzene rings is 2. The standard InChI is InChI=1S/C29H35FN4O6/c1-6-40-28(36)25-24(32(3)29(37)31-26(25)20-13-22(38-4)15-23(14-20)39-5)17-33-10-11-34(18(2)16-33)27(35)19-8-7-9-21(30)12-19/h7-9,12-15,18,26H,6,10-11,16-17H2,1-5H3,(H,31,37)/t18-,26+/m0/s1. The predicted octanol–water partition coefficient (Wildman–Crippen LogP) is 3.20. The Labute approximate surface area is 233 Å². The number of carbonyl (C=O) groups is 3. The number of hydrogen-bond acceptors (Lipinski definition) is 7. The molecule has 2 aliphatic rings. The second-order valence-electron chi connectivity index (χ2n) is 9.76. The van der Waals surface area contributed by atoms with Crippen LogP contribution in [0.1, 0.15) is 35.8 Å². The number of urea groups is 1. The zero-order valence-electron chi connectivity index (χ0n) is 23.4. The van der Waals surface area contributed by atoms with E-state index in [1.54, 1.807) is 43.1 Å². The van der Waals surface area contributed by atoms with Crippen molar-refractivity contribution in [1.29, 1.82) is 0 Å². The van der Waals surface area contributed by atoms with E-state index in [0.29, 0.717) is 53.5 Å². The first-order valence-electron chi connectivity index (χ1n) is 13.1. The topological polar surface area (TPSA) is 101 Å². The number of carbonyl (C=O) groups excluding carboxylic acids is 3. The van der Waals surface area contributed by atoms with Gasteiger partial charge >= 0.3 is 12.0 Å². The first-order valence-corrected chi connectivity index (χ1v) is 13.1. The van der Waals surface area contributed by atoms with Crippen LogP contribution in [0.25, 0.3) is 0 Å². The number of nitrogens with zero attached hydrogens (tertiary/aromatic N) is 3. The molecule has 3 amide bonds. The van der Waals surface area contributed by atoms with Gasteiger partial charge in [0.25, 0.3) is 5.91 Å². The molecule has 2 aliphatic heterocycles. The zero-order chi connectivity index (χ0) is 29.0. The highest BCUT2D eigenvalue weighted by Crippen LogP contribution is 2.35. The van der Waals surface area contributed by atoms with E-state index >= 15 is 0 Å². The Morgan fingerprint density at radius 1 is 1.07 bits per heavy atom. The molecule has 2 heterocycles. The third-order valence-corrected chi connectivity index (χ3v) is 7.20. The van der Waals surface area contributed by atoms with Crippen molar-refractivity contribution >= 4 is 17.9 Å². The summed E-state index contributed by atoms with van der Waals surface area (Å²) in [4.78, 5) is 44.8. The summed E-state index contributed by atoms with van der Waals surface area (Å²) < 4.78 is 30.0. The average molecular weight is 555 g/mol. The van der Waals surface area contributed by atoms with Gasteiger partial charge in [0, 0.05) is 56.6 Å². The highest BCUT2D eigenvalue weighted by molar-refractivity contribution is 5.95. The Balaban J connectivity index is 1.64. The summed E-state index contributed by atoms with van der Waals surface area (Å²) in [5.74, 6) is -0.207. The van der Waals surface area contributed by atoms with Gasteiger partial charge in [0.1, 0.15) is 17.3 Å². The highest BCUT2D eigenvalue weighted by Gasteiger charge is 2.39. The summed E-state index contributed by atoms with van der Waals surface area (Å²) in [7, 11) is 4.66. The molecular weight excluding hydrogens is 519 g/mol. The zero-order valence-corrected chi connectivity index (χ0v) is 23.4. The normalized spacial score (nSPS) is 19.8. The minimum atomic E-state index is -0.796. The summed E-state index contributed by atoms with van der Waals surface area (Å²) >= 11 is 0. The van der Waals surface area contributed by atoms with Crippen LogP contribution in [0.2, 0.25) is 0 Å². The molecule has 4 rings (SSSR count). The Bertz CT molecular complexity index is 1290. The maximum atomic E-state index is 13.7. The lowest BCUT2D eigenvalue weighted by Gasteiger charge is -2.42. The summed E-state index contributed by atoms with van der Waals surface area (Å²) in [6.07, 6.45) is 0. The molecule has 1 fully saturated rings. The van der Waals surface area contributed by atoms with Gasteiger partial charge in [-0.2, -0.15) is 0 Å². The molecule has 0 spiro atoms. The molecule has 0 aromatic heterocycles. The fourth-order valence-corrected chi connectivity index (χ4v) is 5.12. The summed E-state index contributed by atoms with van der Waals surface area (Å²) in [6.45, 7) is 5.49. The van der Waals surface area contributed by atoms with Gasteiger partial charge < -0.3 is 24.4 Å². The largest absolute Gasteiger partial charge is 0.497 e. The van der Waals surface area contributed by atoms with E-state index in [0.717, 1.165) is 0 Å². The average Bonchev–Trinajstić information content (AvgIpc) is 2.94. The monoisotopic (exact) mass is 554 g/mol. The van der Waals surface area contributed by atoms with Crippen molar-refractivity contribution in [1.82, 2.24) is 20.0 Å². The molecule has 0 radical (unpaired) electrons. The maximum Gasteiger partial charge on any atom is 0.338 e. The molecule has 2 atom stereocenters. The number of amides is 3. The molecule has 2 aromatic rings. The number of halogens is 1. The molecular formula is C29H35FN4O6. The molecule has 214 valence electrons. The van der Waals surface area contributed by atoms with Gasteiger partial charge in [-0.1, -0.05) is 6.07 Å². The Hall–Kier alpha value is -4.12. The van der Waals surface area contributed by atoms with Crippen LogP contribution in [0, 0.1) is 5.82 Å². The predicted molar refractivity (Wildman–Crippen MR) is 146 cm³/mol. The molecule has 2 aromatic carbocycles. The summed E-state index contributed by atoms with van der Waals surface area (Å²) in [6, 6.07) is 9.51. The van der Waals surface area contributed by atoms with E-state index in [-0.39, 0.29) is 31.1 Å². The van der Waals surface area contributed by atoms with Crippen LogP contribution >= 0.6 is 0 Å². The molecule has 40 heavy (non-hydrogen) atoms. The van der Waals surface area contributed by atoms with Crippen molar-refractivity contribution in [2.24, 2.45) is 0 Å². The minimum Gasteiger partial charge on any atom is -0.497 e. The van der Waals surface area contributed by atoms with Crippen molar-refractivity contribution in [3.8, 4) is 11.5 Å². The number of methoxy groups -OCH3 is 2. The minimum absolute atomic E-state index is 0.166. The first-order chi connectivity index (χ1) is 19.2. The lowest BCUT2D eigenvalue weighted by Crippen LogP contribution is -2.56. The van der Waals surface area contributed by atoms with Gasteiger partial charge in [-0.05, 0) is 49.7 Å². The van der Waals surface area contributed by atoms with Crippen molar-refractivity contribution < 1.29 is 33.0 Å². The van der Waals surface area contributed by atoms with Crippen LogP contribution < -0.4 is 14.8 Å². The lowest BCUT2D eigenvalue weighted by atomic mass is 9.93. The van der Waals surface area contributed by atoms with Gasteiger partial charge in [0.05, 0.1) is 32.4 Å². The van der Waals surface area contributed by atoms with Crippen molar-refractivity contribution in [2.45, 2.75) is 25.9 Å². The number of ether oxygens (including phenoxy) is 3. The molecule has 0 saturated carbocycles. The third kappa shape index (κ3) is 6.04. The Morgan fingerprint density at radius 2 is 1.77 bits per heavy atom. The number of nitrogens with one attached hydrogen (secondary N) is 1.